The van der Waals surface area contributed by atoms with E-state index in [1.165, 1.54) is 6.92 Å². The first kappa shape index (κ1) is 10.5. The molecular weight excluding hydrogens is 248 g/mol. The standard InChI is InChI=1S/C6H8BrF2N3O/c1-4-5(2-7)10-11-12(4)6(8,9)3-13/h13H,2-3H2,1H3. The molecule has 1 aromatic rings. The van der Waals surface area contributed by atoms with E-state index in [2.05, 4.69) is 26.2 Å². The van der Waals surface area contributed by atoms with Crippen molar-refractivity contribution in [3.05, 3.63) is 11.4 Å². The van der Waals surface area contributed by atoms with Crippen LogP contribution in [0, 0.1) is 6.92 Å². The van der Waals surface area contributed by atoms with Gasteiger partial charge in [0, 0.05) is 5.33 Å². The van der Waals surface area contributed by atoms with Crippen molar-refractivity contribution in [3.63, 3.8) is 0 Å². The summed E-state index contributed by atoms with van der Waals surface area (Å²) < 4.78 is 26.2. The first-order valence-corrected chi connectivity index (χ1v) is 4.61. The SMILES string of the molecule is Cc1c(CBr)nnn1C(F)(F)CO. The van der Waals surface area contributed by atoms with Crippen LogP contribution in [0.2, 0.25) is 0 Å². The first-order valence-electron chi connectivity index (χ1n) is 3.49. The molecule has 0 aromatic carbocycles. The summed E-state index contributed by atoms with van der Waals surface area (Å²) in [6.07, 6.45) is 0. The Labute approximate surface area is 81.7 Å². The van der Waals surface area contributed by atoms with E-state index in [0.717, 1.165) is 0 Å². The molecule has 0 amide bonds. The number of nitrogens with zero attached hydrogens (tertiary/aromatic N) is 3. The number of hydrogen-bond acceptors (Lipinski definition) is 3. The van der Waals surface area contributed by atoms with Crippen molar-refractivity contribution in [1.82, 2.24) is 15.0 Å². The maximum atomic E-state index is 12.9. The second-order valence-electron chi connectivity index (χ2n) is 2.49. The van der Waals surface area contributed by atoms with Crippen molar-refractivity contribution in [3.8, 4) is 0 Å². The van der Waals surface area contributed by atoms with Crippen LogP contribution in [-0.2, 0) is 11.4 Å². The smallest absolute Gasteiger partial charge is 0.367 e. The Balaban J connectivity index is 3.09. The molecular formula is C6H8BrF2N3O. The molecule has 0 unspecified atom stereocenters. The lowest BCUT2D eigenvalue weighted by Gasteiger charge is -2.13. The highest BCUT2D eigenvalue weighted by atomic mass is 79.9. The van der Waals surface area contributed by atoms with E-state index in [9.17, 15) is 8.78 Å². The monoisotopic (exact) mass is 255 g/mol. The topological polar surface area (TPSA) is 50.9 Å². The van der Waals surface area contributed by atoms with Gasteiger partial charge >= 0.3 is 6.05 Å². The van der Waals surface area contributed by atoms with E-state index in [1.54, 1.807) is 0 Å². The fourth-order valence-corrected chi connectivity index (χ4v) is 1.38. The molecule has 0 spiro atoms. The largest absolute Gasteiger partial charge is 0.388 e. The molecule has 0 radical (unpaired) electrons. The van der Waals surface area contributed by atoms with Gasteiger partial charge in [-0.15, -0.1) is 5.10 Å². The maximum Gasteiger partial charge on any atom is 0.367 e. The third-order valence-electron chi connectivity index (χ3n) is 1.62. The van der Waals surface area contributed by atoms with E-state index in [4.69, 9.17) is 5.11 Å². The average molecular weight is 256 g/mol. The molecule has 0 saturated carbocycles. The van der Waals surface area contributed by atoms with Crippen LogP contribution in [0.15, 0.2) is 0 Å². The van der Waals surface area contributed by atoms with Crippen molar-refractivity contribution in [2.45, 2.75) is 18.3 Å². The van der Waals surface area contributed by atoms with Gasteiger partial charge in [0.05, 0.1) is 11.4 Å². The Morgan fingerprint density at radius 1 is 1.62 bits per heavy atom. The van der Waals surface area contributed by atoms with Crippen LogP contribution in [0.25, 0.3) is 0 Å². The van der Waals surface area contributed by atoms with Crippen LogP contribution in [0.5, 0.6) is 0 Å². The molecule has 1 aromatic heterocycles. The van der Waals surface area contributed by atoms with Gasteiger partial charge < -0.3 is 5.11 Å². The fraction of sp³-hybridized carbons (Fsp3) is 0.667. The van der Waals surface area contributed by atoms with Gasteiger partial charge in [0.2, 0.25) is 0 Å². The highest BCUT2D eigenvalue weighted by Gasteiger charge is 2.33. The predicted molar refractivity (Wildman–Crippen MR) is 44.7 cm³/mol. The quantitative estimate of drug-likeness (QED) is 0.821. The number of hydrogen-bond donors (Lipinski definition) is 1. The zero-order chi connectivity index (χ0) is 10.1. The van der Waals surface area contributed by atoms with Crippen molar-refractivity contribution >= 4 is 15.9 Å². The Morgan fingerprint density at radius 3 is 2.62 bits per heavy atom. The molecule has 13 heavy (non-hydrogen) atoms. The van der Waals surface area contributed by atoms with Crippen molar-refractivity contribution in [2.24, 2.45) is 0 Å². The van der Waals surface area contributed by atoms with Gasteiger partial charge in [-0.05, 0) is 6.92 Å². The molecule has 0 fully saturated rings. The molecule has 74 valence electrons. The summed E-state index contributed by atoms with van der Waals surface area (Å²) in [6.45, 7) is 0.194. The lowest BCUT2D eigenvalue weighted by molar-refractivity contribution is -0.132. The number of aromatic nitrogens is 3. The van der Waals surface area contributed by atoms with E-state index < -0.39 is 12.7 Å². The zero-order valence-corrected chi connectivity index (χ0v) is 8.42. The second-order valence-corrected chi connectivity index (χ2v) is 3.05. The Hall–Kier alpha value is -0.560. The molecule has 0 aliphatic rings. The van der Waals surface area contributed by atoms with Gasteiger partial charge in [-0.3, -0.25) is 0 Å². The normalized spacial score (nSPS) is 12.1. The molecule has 1 heterocycles. The summed E-state index contributed by atoms with van der Waals surface area (Å²) in [7, 11) is 0. The third kappa shape index (κ3) is 1.86. The number of aliphatic hydroxyl groups is 1. The molecule has 0 atom stereocenters. The Kier molecular flexibility index (Phi) is 2.97. The summed E-state index contributed by atoms with van der Waals surface area (Å²) in [5, 5.41) is 15.5. The number of rotatable bonds is 3. The van der Waals surface area contributed by atoms with Gasteiger partial charge in [-0.2, -0.15) is 13.5 Å². The maximum absolute atomic E-state index is 12.9. The van der Waals surface area contributed by atoms with Crippen LogP contribution >= 0.6 is 15.9 Å². The van der Waals surface area contributed by atoms with Crippen LogP contribution in [0.4, 0.5) is 8.78 Å². The predicted octanol–water partition coefficient (Wildman–Crippen LogP) is 1.02. The highest BCUT2D eigenvalue weighted by Crippen LogP contribution is 2.22. The van der Waals surface area contributed by atoms with E-state index in [0.29, 0.717) is 15.7 Å². The summed E-state index contributed by atoms with van der Waals surface area (Å²) in [4.78, 5) is 0. The molecule has 0 aliphatic heterocycles. The molecule has 4 nitrogen and oxygen atoms in total. The second kappa shape index (κ2) is 3.67. The van der Waals surface area contributed by atoms with Crippen LogP contribution in [0.3, 0.4) is 0 Å². The minimum atomic E-state index is -3.38. The van der Waals surface area contributed by atoms with Gasteiger partial charge in [-0.25, -0.2) is 0 Å². The summed E-state index contributed by atoms with van der Waals surface area (Å²) in [5.74, 6) is 0. The Morgan fingerprint density at radius 2 is 2.23 bits per heavy atom. The number of halogens is 3. The third-order valence-corrected chi connectivity index (χ3v) is 2.15. The van der Waals surface area contributed by atoms with Crippen molar-refractivity contribution in [2.75, 3.05) is 6.61 Å². The van der Waals surface area contributed by atoms with Crippen LogP contribution < -0.4 is 0 Å². The summed E-state index contributed by atoms with van der Waals surface area (Å²) >= 11 is 3.09. The lowest BCUT2D eigenvalue weighted by Crippen LogP contribution is -2.29. The first-order chi connectivity index (χ1) is 6.03. The highest BCUT2D eigenvalue weighted by molar-refractivity contribution is 9.08. The van der Waals surface area contributed by atoms with Crippen LogP contribution in [0.1, 0.15) is 11.4 Å². The van der Waals surface area contributed by atoms with E-state index in [-0.39, 0.29) is 5.69 Å². The fourth-order valence-electron chi connectivity index (χ4n) is 0.862. The van der Waals surface area contributed by atoms with Gasteiger partial charge in [0.1, 0.15) is 6.61 Å². The van der Waals surface area contributed by atoms with Crippen molar-refractivity contribution in [1.29, 1.82) is 0 Å². The minimum absolute atomic E-state index is 0.246. The van der Waals surface area contributed by atoms with Gasteiger partial charge in [-0.1, -0.05) is 21.1 Å². The van der Waals surface area contributed by atoms with Crippen LogP contribution in [-0.4, -0.2) is 26.7 Å². The summed E-state index contributed by atoms with van der Waals surface area (Å²) in [5.41, 5.74) is 0.684. The summed E-state index contributed by atoms with van der Waals surface area (Å²) in [6, 6.07) is -3.38. The zero-order valence-electron chi connectivity index (χ0n) is 6.84. The average Bonchev–Trinajstić information content (AvgIpc) is 2.47. The number of aliphatic hydroxyl groups excluding tert-OH is 1. The van der Waals surface area contributed by atoms with Crippen molar-refractivity contribution < 1.29 is 13.9 Å². The van der Waals surface area contributed by atoms with E-state index in [1.807, 2.05) is 0 Å². The molecule has 0 saturated heterocycles. The Bertz CT molecular complexity index is 302. The molecule has 7 heteroatoms. The van der Waals surface area contributed by atoms with Gasteiger partial charge in [0.15, 0.2) is 0 Å². The lowest BCUT2D eigenvalue weighted by atomic mass is 10.4. The molecule has 0 bridgehead atoms. The van der Waals surface area contributed by atoms with E-state index >= 15 is 0 Å². The number of alkyl halides is 3. The van der Waals surface area contributed by atoms with Gasteiger partial charge in [0.25, 0.3) is 0 Å². The molecule has 1 rings (SSSR count). The minimum Gasteiger partial charge on any atom is -0.388 e. The molecule has 0 aliphatic carbocycles. The molecule has 1 N–H and O–H groups in total.